The lowest BCUT2D eigenvalue weighted by atomic mass is 10.2. The van der Waals surface area contributed by atoms with E-state index in [4.69, 9.17) is 5.26 Å². The minimum atomic E-state index is -0.858. The fourth-order valence-corrected chi connectivity index (χ4v) is 1.32. The van der Waals surface area contributed by atoms with Crippen LogP contribution in [-0.2, 0) is 10.8 Å². The Morgan fingerprint density at radius 2 is 2.47 bits per heavy atom. The monoisotopic (exact) mass is 223 g/mol. The zero-order valence-corrected chi connectivity index (χ0v) is 9.54. The van der Waals surface area contributed by atoms with E-state index in [-0.39, 0.29) is 5.25 Å². The van der Waals surface area contributed by atoms with Gasteiger partial charge in [0.05, 0.1) is 17.4 Å². The highest BCUT2D eigenvalue weighted by molar-refractivity contribution is 7.84. The number of hydrogen-bond acceptors (Lipinski definition) is 4. The summed E-state index contributed by atoms with van der Waals surface area (Å²) in [5, 5.41) is 11.9. The summed E-state index contributed by atoms with van der Waals surface area (Å²) >= 11 is 0. The standard InChI is InChI=1S/C10H13N3OS/c1-8(15(2)14)6-13-10-7-12-4-3-9(10)5-11/h3-4,7-8,13H,6H2,1-2H3. The van der Waals surface area contributed by atoms with Crippen molar-refractivity contribution < 1.29 is 4.21 Å². The maximum Gasteiger partial charge on any atom is 0.101 e. The molecule has 4 nitrogen and oxygen atoms in total. The fraction of sp³-hybridized carbons (Fsp3) is 0.400. The zero-order chi connectivity index (χ0) is 11.3. The number of nitrogens with one attached hydrogen (secondary N) is 1. The van der Waals surface area contributed by atoms with Crippen molar-refractivity contribution in [3.8, 4) is 6.07 Å². The molecule has 2 atom stereocenters. The third kappa shape index (κ3) is 3.33. The molecule has 0 spiro atoms. The van der Waals surface area contributed by atoms with Crippen LogP contribution >= 0.6 is 0 Å². The summed E-state index contributed by atoms with van der Waals surface area (Å²) < 4.78 is 11.1. The van der Waals surface area contributed by atoms with Crippen LogP contribution in [0.1, 0.15) is 12.5 Å². The molecule has 2 unspecified atom stereocenters. The summed E-state index contributed by atoms with van der Waals surface area (Å²) in [5.41, 5.74) is 1.25. The molecule has 1 aromatic rings. The highest BCUT2D eigenvalue weighted by Gasteiger charge is 2.07. The van der Waals surface area contributed by atoms with E-state index in [0.717, 1.165) is 0 Å². The van der Waals surface area contributed by atoms with E-state index in [9.17, 15) is 4.21 Å². The molecule has 15 heavy (non-hydrogen) atoms. The van der Waals surface area contributed by atoms with Gasteiger partial charge in [-0.2, -0.15) is 5.26 Å². The molecule has 1 aromatic heterocycles. The van der Waals surface area contributed by atoms with E-state index in [1.165, 1.54) is 0 Å². The molecule has 0 aliphatic carbocycles. The van der Waals surface area contributed by atoms with E-state index in [2.05, 4.69) is 16.4 Å². The number of nitrogens with zero attached hydrogens (tertiary/aromatic N) is 2. The summed E-state index contributed by atoms with van der Waals surface area (Å²) in [5.74, 6) is 0. The second-order valence-electron chi connectivity index (χ2n) is 3.22. The second-order valence-corrected chi connectivity index (χ2v) is 5.03. The van der Waals surface area contributed by atoms with Gasteiger partial charge in [-0.25, -0.2) is 0 Å². The zero-order valence-electron chi connectivity index (χ0n) is 8.73. The quantitative estimate of drug-likeness (QED) is 0.831. The Kier molecular flexibility index (Phi) is 4.25. The molecule has 0 radical (unpaired) electrons. The molecule has 0 aliphatic rings. The lowest BCUT2D eigenvalue weighted by Crippen LogP contribution is -2.21. The highest BCUT2D eigenvalue weighted by Crippen LogP contribution is 2.11. The Morgan fingerprint density at radius 3 is 3.07 bits per heavy atom. The van der Waals surface area contributed by atoms with Crippen LogP contribution in [0.5, 0.6) is 0 Å². The van der Waals surface area contributed by atoms with E-state index in [1.54, 1.807) is 24.7 Å². The Morgan fingerprint density at radius 1 is 1.73 bits per heavy atom. The fourth-order valence-electron chi connectivity index (χ4n) is 1.00. The van der Waals surface area contributed by atoms with E-state index in [1.807, 2.05) is 6.92 Å². The van der Waals surface area contributed by atoms with Crippen molar-refractivity contribution >= 4 is 16.5 Å². The smallest absolute Gasteiger partial charge is 0.101 e. The first-order valence-corrected chi connectivity index (χ1v) is 6.17. The third-order valence-corrected chi connectivity index (χ3v) is 3.39. The van der Waals surface area contributed by atoms with Gasteiger partial charge in [0.2, 0.25) is 0 Å². The van der Waals surface area contributed by atoms with Gasteiger partial charge in [0.1, 0.15) is 6.07 Å². The predicted octanol–water partition coefficient (Wildman–Crippen LogP) is 1.13. The molecule has 0 saturated heterocycles. The van der Waals surface area contributed by atoms with Gasteiger partial charge in [0.25, 0.3) is 0 Å². The van der Waals surface area contributed by atoms with Gasteiger partial charge in [-0.1, -0.05) is 0 Å². The molecule has 0 aliphatic heterocycles. The number of hydrogen-bond donors (Lipinski definition) is 1. The molecule has 1 heterocycles. The van der Waals surface area contributed by atoms with Gasteiger partial charge in [0, 0.05) is 35.0 Å². The van der Waals surface area contributed by atoms with Gasteiger partial charge in [-0.3, -0.25) is 9.19 Å². The average molecular weight is 223 g/mol. The molecule has 0 fully saturated rings. The Balaban J connectivity index is 2.66. The molecule has 80 valence electrons. The predicted molar refractivity (Wildman–Crippen MR) is 61.0 cm³/mol. The average Bonchev–Trinajstić information content (AvgIpc) is 2.26. The van der Waals surface area contributed by atoms with Crippen molar-refractivity contribution in [1.82, 2.24) is 4.98 Å². The van der Waals surface area contributed by atoms with Crippen LogP contribution in [0.3, 0.4) is 0 Å². The lowest BCUT2D eigenvalue weighted by molar-refractivity contribution is 0.679. The van der Waals surface area contributed by atoms with Crippen LogP contribution in [-0.4, -0.2) is 27.2 Å². The van der Waals surface area contributed by atoms with Crippen LogP contribution in [0.4, 0.5) is 5.69 Å². The number of nitriles is 1. The Labute approximate surface area is 91.8 Å². The highest BCUT2D eigenvalue weighted by atomic mass is 32.2. The first-order chi connectivity index (χ1) is 7.15. The summed E-state index contributed by atoms with van der Waals surface area (Å²) in [4.78, 5) is 3.93. The van der Waals surface area contributed by atoms with Crippen molar-refractivity contribution in [3.63, 3.8) is 0 Å². The minimum Gasteiger partial charge on any atom is -0.382 e. The van der Waals surface area contributed by atoms with Crippen molar-refractivity contribution in [2.45, 2.75) is 12.2 Å². The Bertz CT molecular complexity index is 400. The number of rotatable bonds is 4. The third-order valence-electron chi connectivity index (χ3n) is 2.09. The van der Waals surface area contributed by atoms with Crippen molar-refractivity contribution in [1.29, 1.82) is 5.26 Å². The minimum absolute atomic E-state index is 0.0525. The molecule has 1 rings (SSSR count). The van der Waals surface area contributed by atoms with Crippen molar-refractivity contribution in [2.24, 2.45) is 0 Å². The topological polar surface area (TPSA) is 65.8 Å². The van der Waals surface area contributed by atoms with Crippen LogP contribution in [0, 0.1) is 11.3 Å². The summed E-state index contributed by atoms with van der Waals surface area (Å²) in [6.07, 6.45) is 4.84. The van der Waals surface area contributed by atoms with Gasteiger partial charge in [-0.05, 0) is 13.0 Å². The molecule has 0 saturated carbocycles. The molecular formula is C10H13N3OS. The molecule has 0 bridgehead atoms. The number of aromatic nitrogens is 1. The molecular weight excluding hydrogens is 210 g/mol. The SMILES string of the molecule is CC(CNc1cnccc1C#N)S(C)=O. The maximum atomic E-state index is 11.1. The van der Waals surface area contributed by atoms with Gasteiger partial charge in [0.15, 0.2) is 0 Å². The molecule has 1 N–H and O–H groups in total. The van der Waals surface area contributed by atoms with Crippen LogP contribution in [0.15, 0.2) is 18.5 Å². The van der Waals surface area contributed by atoms with Crippen LogP contribution in [0.2, 0.25) is 0 Å². The first-order valence-electron chi connectivity index (χ1n) is 4.55. The second kappa shape index (κ2) is 5.47. The van der Waals surface area contributed by atoms with E-state index < -0.39 is 10.8 Å². The number of anilines is 1. The Hall–Kier alpha value is -1.41. The van der Waals surface area contributed by atoms with Crippen molar-refractivity contribution in [3.05, 3.63) is 24.0 Å². The van der Waals surface area contributed by atoms with Gasteiger partial charge < -0.3 is 5.32 Å². The van der Waals surface area contributed by atoms with Crippen LogP contribution < -0.4 is 5.32 Å². The summed E-state index contributed by atoms with van der Waals surface area (Å²) in [7, 11) is -0.858. The van der Waals surface area contributed by atoms with Crippen LogP contribution in [0.25, 0.3) is 0 Å². The maximum absolute atomic E-state index is 11.1. The number of pyridine rings is 1. The summed E-state index contributed by atoms with van der Waals surface area (Å²) in [6, 6.07) is 3.72. The molecule has 0 aromatic carbocycles. The lowest BCUT2D eigenvalue weighted by Gasteiger charge is -2.11. The molecule has 5 heteroatoms. The molecule has 0 amide bonds. The van der Waals surface area contributed by atoms with Gasteiger partial charge >= 0.3 is 0 Å². The summed E-state index contributed by atoms with van der Waals surface area (Å²) in [6.45, 7) is 2.47. The van der Waals surface area contributed by atoms with E-state index in [0.29, 0.717) is 17.8 Å². The van der Waals surface area contributed by atoms with E-state index >= 15 is 0 Å². The van der Waals surface area contributed by atoms with Crippen molar-refractivity contribution in [2.75, 3.05) is 18.1 Å². The normalized spacial score (nSPS) is 13.9. The largest absolute Gasteiger partial charge is 0.382 e. The first kappa shape index (κ1) is 11.7. The van der Waals surface area contributed by atoms with Gasteiger partial charge in [-0.15, -0.1) is 0 Å².